The molecule has 3 heterocycles. The van der Waals surface area contributed by atoms with E-state index in [9.17, 15) is 4.79 Å². The molecule has 126 valence electrons. The Labute approximate surface area is 144 Å². The molecule has 8 heteroatoms. The van der Waals surface area contributed by atoms with E-state index in [1.807, 2.05) is 29.7 Å². The van der Waals surface area contributed by atoms with E-state index >= 15 is 0 Å². The van der Waals surface area contributed by atoms with E-state index in [-0.39, 0.29) is 11.9 Å². The predicted molar refractivity (Wildman–Crippen MR) is 93.7 cm³/mol. The monoisotopic (exact) mass is 344 g/mol. The zero-order valence-corrected chi connectivity index (χ0v) is 14.5. The minimum absolute atomic E-state index is 0.0120. The van der Waals surface area contributed by atoms with E-state index in [1.54, 1.807) is 22.8 Å². The van der Waals surface area contributed by atoms with Crippen molar-refractivity contribution < 1.29 is 4.79 Å². The maximum absolute atomic E-state index is 12.0. The number of rotatable bonds is 7. The summed E-state index contributed by atoms with van der Waals surface area (Å²) in [5.74, 6) is 1.15. The van der Waals surface area contributed by atoms with Crippen molar-refractivity contribution in [2.75, 3.05) is 5.75 Å². The van der Waals surface area contributed by atoms with Crippen LogP contribution in [0.2, 0.25) is 0 Å². The molecule has 7 nitrogen and oxygen atoms in total. The molecule has 24 heavy (non-hydrogen) atoms. The van der Waals surface area contributed by atoms with Crippen molar-refractivity contribution in [3.8, 4) is 0 Å². The largest absolute Gasteiger partial charge is 0.351 e. The first kappa shape index (κ1) is 16.5. The molecule has 0 radical (unpaired) electrons. The van der Waals surface area contributed by atoms with Crippen LogP contribution in [0.5, 0.6) is 0 Å². The first-order chi connectivity index (χ1) is 11.6. The first-order valence-corrected chi connectivity index (χ1v) is 8.89. The quantitative estimate of drug-likeness (QED) is 0.705. The van der Waals surface area contributed by atoms with Crippen LogP contribution < -0.4 is 5.32 Å². The summed E-state index contributed by atoms with van der Waals surface area (Å²) in [6.45, 7) is 4.62. The lowest BCUT2D eigenvalue weighted by atomic mass is 10.3. The predicted octanol–water partition coefficient (Wildman–Crippen LogP) is 1.67. The highest BCUT2D eigenvalue weighted by Gasteiger charge is 2.09. The molecule has 1 amide bonds. The number of nitrogens with one attached hydrogen (secondary N) is 1. The van der Waals surface area contributed by atoms with Gasteiger partial charge in [-0.05, 0) is 25.5 Å². The number of thioether (sulfide) groups is 1. The Balaban J connectivity index is 1.44. The van der Waals surface area contributed by atoms with Crippen molar-refractivity contribution in [3.63, 3.8) is 0 Å². The van der Waals surface area contributed by atoms with Gasteiger partial charge in [-0.2, -0.15) is 5.10 Å². The second kappa shape index (κ2) is 7.48. The number of aryl methyl sites for hydroxylation is 1. The van der Waals surface area contributed by atoms with Gasteiger partial charge in [0.25, 0.3) is 0 Å². The number of carbonyl (C=O) groups is 1. The van der Waals surface area contributed by atoms with Crippen LogP contribution in [-0.4, -0.2) is 41.9 Å². The van der Waals surface area contributed by atoms with Gasteiger partial charge < -0.3 is 9.72 Å². The van der Waals surface area contributed by atoms with E-state index < -0.39 is 0 Å². The fourth-order valence-corrected chi connectivity index (χ4v) is 3.16. The lowest BCUT2D eigenvalue weighted by Crippen LogP contribution is -2.36. The van der Waals surface area contributed by atoms with E-state index in [0.717, 1.165) is 11.3 Å². The molecular weight excluding hydrogens is 324 g/mol. The average Bonchev–Trinajstić information content (AvgIpc) is 3.15. The SMILES string of the molecule is Cc1ccc2nc(CSCC(=O)NC(C)Cn3cncn3)cn2c1. The van der Waals surface area contributed by atoms with Gasteiger partial charge in [-0.1, -0.05) is 6.07 Å². The number of aromatic nitrogens is 5. The van der Waals surface area contributed by atoms with E-state index in [0.29, 0.717) is 18.1 Å². The summed E-state index contributed by atoms with van der Waals surface area (Å²) in [6, 6.07) is 4.06. The van der Waals surface area contributed by atoms with Crippen molar-refractivity contribution in [3.05, 3.63) is 48.4 Å². The van der Waals surface area contributed by atoms with Crippen LogP contribution in [0.15, 0.2) is 37.2 Å². The maximum atomic E-state index is 12.0. The minimum Gasteiger partial charge on any atom is -0.351 e. The van der Waals surface area contributed by atoms with Crippen molar-refractivity contribution in [2.24, 2.45) is 0 Å². The van der Waals surface area contributed by atoms with Crippen molar-refractivity contribution >= 4 is 23.3 Å². The number of carbonyl (C=O) groups excluding carboxylic acids is 1. The molecule has 0 aliphatic rings. The molecule has 0 fully saturated rings. The lowest BCUT2D eigenvalue weighted by Gasteiger charge is -2.13. The smallest absolute Gasteiger partial charge is 0.230 e. The summed E-state index contributed by atoms with van der Waals surface area (Å²) in [6.07, 6.45) is 7.19. The topological polar surface area (TPSA) is 77.1 Å². The van der Waals surface area contributed by atoms with E-state index in [4.69, 9.17) is 0 Å². The Morgan fingerprint density at radius 3 is 3.04 bits per heavy atom. The molecule has 0 saturated carbocycles. The van der Waals surface area contributed by atoms with Crippen molar-refractivity contribution in [1.29, 1.82) is 0 Å². The standard InChI is InChI=1S/C16H20N6OS/c1-12-3-4-15-20-14(7-21(15)5-12)8-24-9-16(23)19-13(2)6-22-11-17-10-18-22/h3-5,7,10-11,13H,6,8-9H2,1-2H3,(H,19,23). The Bertz CT molecular complexity index is 813. The van der Waals surface area contributed by atoms with Gasteiger partial charge >= 0.3 is 0 Å². The Morgan fingerprint density at radius 1 is 1.38 bits per heavy atom. The molecule has 0 spiro atoms. The number of hydrogen-bond acceptors (Lipinski definition) is 5. The molecule has 0 aliphatic heterocycles. The second-order valence-corrected chi connectivity index (χ2v) is 6.77. The van der Waals surface area contributed by atoms with Gasteiger partial charge in [0, 0.05) is 24.2 Å². The summed E-state index contributed by atoms with van der Waals surface area (Å²) >= 11 is 1.56. The molecule has 1 N–H and O–H groups in total. The summed E-state index contributed by atoms with van der Waals surface area (Å²) in [4.78, 5) is 20.4. The number of nitrogens with zero attached hydrogens (tertiary/aromatic N) is 5. The normalized spacial score (nSPS) is 12.4. The fraction of sp³-hybridized carbons (Fsp3) is 0.375. The van der Waals surface area contributed by atoms with Crippen molar-refractivity contribution in [1.82, 2.24) is 29.5 Å². The Kier molecular flexibility index (Phi) is 5.14. The molecule has 3 aromatic rings. The van der Waals surface area contributed by atoms with E-state index in [1.165, 1.54) is 11.9 Å². The average molecular weight is 344 g/mol. The van der Waals surface area contributed by atoms with Crippen LogP contribution in [0.4, 0.5) is 0 Å². The van der Waals surface area contributed by atoms with Crippen LogP contribution in [0.1, 0.15) is 18.2 Å². The van der Waals surface area contributed by atoms with Gasteiger partial charge in [0.1, 0.15) is 18.3 Å². The first-order valence-electron chi connectivity index (χ1n) is 7.74. The third kappa shape index (κ3) is 4.35. The van der Waals surface area contributed by atoms with Gasteiger partial charge in [0.2, 0.25) is 5.91 Å². The number of amides is 1. The molecule has 0 aliphatic carbocycles. The number of pyridine rings is 1. The minimum atomic E-state index is 0.0120. The van der Waals surface area contributed by atoms with Gasteiger partial charge in [0.05, 0.1) is 18.0 Å². The highest BCUT2D eigenvalue weighted by Crippen LogP contribution is 2.13. The molecular formula is C16H20N6OS. The zero-order valence-electron chi connectivity index (χ0n) is 13.7. The van der Waals surface area contributed by atoms with Gasteiger partial charge in [-0.15, -0.1) is 11.8 Å². The number of imidazole rings is 1. The van der Waals surface area contributed by atoms with Crippen LogP contribution in [0, 0.1) is 6.92 Å². The fourth-order valence-electron chi connectivity index (χ4n) is 2.44. The summed E-state index contributed by atoms with van der Waals surface area (Å²) in [7, 11) is 0. The third-order valence-corrected chi connectivity index (χ3v) is 4.43. The molecule has 3 rings (SSSR count). The van der Waals surface area contributed by atoms with Gasteiger partial charge in [-0.3, -0.25) is 9.48 Å². The lowest BCUT2D eigenvalue weighted by molar-refractivity contribution is -0.119. The Morgan fingerprint density at radius 2 is 2.25 bits per heavy atom. The molecule has 1 atom stereocenters. The summed E-state index contributed by atoms with van der Waals surface area (Å²) < 4.78 is 3.72. The molecule has 3 aromatic heterocycles. The molecule has 0 saturated heterocycles. The third-order valence-electron chi connectivity index (χ3n) is 3.47. The van der Waals surface area contributed by atoms with Crippen LogP contribution in [-0.2, 0) is 17.1 Å². The molecule has 0 bridgehead atoms. The maximum Gasteiger partial charge on any atom is 0.230 e. The number of fused-ring (bicyclic) bond motifs is 1. The summed E-state index contributed by atoms with van der Waals surface area (Å²) in [5.41, 5.74) is 3.11. The molecule has 1 unspecified atom stereocenters. The van der Waals surface area contributed by atoms with Crippen LogP contribution in [0.25, 0.3) is 5.65 Å². The number of hydrogen-bond donors (Lipinski definition) is 1. The highest BCUT2D eigenvalue weighted by molar-refractivity contribution is 7.99. The summed E-state index contributed by atoms with van der Waals surface area (Å²) in [5, 5.41) is 7.00. The van der Waals surface area contributed by atoms with Gasteiger partial charge in [0.15, 0.2) is 0 Å². The van der Waals surface area contributed by atoms with Crippen LogP contribution >= 0.6 is 11.8 Å². The molecule has 0 aromatic carbocycles. The van der Waals surface area contributed by atoms with E-state index in [2.05, 4.69) is 33.5 Å². The second-order valence-electron chi connectivity index (χ2n) is 5.78. The zero-order chi connectivity index (χ0) is 16.9. The highest BCUT2D eigenvalue weighted by atomic mass is 32.2. The van der Waals surface area contributed by atoms with Gasteiger partial charge in [-0.25, -0.2) is 9.97 Å². The van der Waals surface area contributed by atoms with Crippen molar-refractivity contribution in [2.45, 2.75) is 32.2 Å². The Hall–Kier alpha value is -2.35. The van der Waals surface area contributed by atoms with Crippen LogP contribution in [0.3, 0.4) is 0 Å².